The molecule has 0 bridgehead atoms. The number of rotatable bonds is 3. The third-order valence-corrected chi connectivity index (χ3v) is 9.87. The fraction of sp³-hybridized carbons (Fsp3) is 0.611. The molecule has 1 aromatic rings. The molecule has 4 rings (SSSR count). The summed E-state index contributed by atoms with van der Waals surface area (Å²) in [5, 5.41) is -0.913. The van der Waals surface area contributed by atoms with Gasteiger partial charge in [0.1, 0.15) is 0 Å². The molecule has 0 radical (unpaired) electrons. The topological polar surface area (TPSA) is 107 Å². The van der Waals surface area contributed by atoms with Crippen LogP contribution in [0.4, 0.5) is 0 Å². The van der Waals surface area contributed by atoms with Gasteiger partial charge in [-0.25, -0.2) is 16.8 Å². The van der Waals surface area contributed by atoms with Crippen LogP contribution in [-0.4, -0.2) is 76.5 Å². The molecular weight excluding hydrogens is 406 g/mol. The largest absolute Gasteiger partial charge is 0.347 e. The van der Waals surface area contributed by atoms with E-state index in [2.05, 4.69) is 0 Å². The molecule has 1 aromatic carbocycles. The molecule has 1 atom stereocenters. The van der Waals surface area contributed by atoms with Gasteiger partial charge in [-0.1, -0.05) is 0 Å². The Labute approximate surface area is 164 Å². The highest BCUT2D eigenvalue weighted by atomic mass is 32.2. The second-order valence-electron chi connectivity index (χ2n) is 7.49. The molecule has 8 nitrogen and oxygen atoms in total. The molecule has 154 valence electrons. The number of sulfone groups is 2. The Morgan fingerprint density at radius 2 is 1.68 bits per heavy atom. The zero-order valence-electron chi connectivity index (χ0n) is 15.4. The van der Waals surface area contributed by atoms with Crippen LogP contribution in [0, 0.1) is 0 Å². The highest BCUT2D eigenvalue weighted by Crippen LogP contribution is 2.32. The van der Waals surface area contributed by atoms with E-state index >= 15 is 0 Å². The number of nitrogens with zero attached hydrogens (tertiary/aromatic N) is 1. The van der Waals surface area contributed by atoms with Gasteiger partial charge in [-0.2, -0.15) is 0 Å². The maximum atomic E-state index is 12.7. The molecule has 10 heteroatoms. The second kappa shape index (κ2) is 7.08. The van der Waals surface area contributed by atoms with Crippen molar-refractivity contribution in [1.29, 1.82) is 0 Å². The Kier molecular flexibility index (Phi) is 5.01. The lowest BCUT2D eigenvalue weighted by atomic mass is 10.0. The number of likely N-dealkylation sites (tertiary alicyclic amines) is 1. The SMILES string of the molecule is O=C(c1ccc(S(=O)(=O)[C@H]2CCS(=O)(=O)C2)cc1)N1CCC2(CC1)OCCO2. The smallest absolute Gasteiger partial charge is 0.253 e. The van der Waals surface area contributed by atoms with E-state index in [-0.39, 0.29) is 28.7 Å². The van der Waals surface area contributed by atoms with E-state index in [4.69, 9.17) is 9.47 Å². The highest BCUT2D eigenvalue weighted by molar-refractivity contribution is 7.96. The molecule has 3 aliphatic heterocycles. The van der Waals surface area contributed by atoms with Crippen LogP contribution in [0.1, 0.15) is 29.6 Å². The van der Waals surface area contributed by atoms with Crippen LogP contribution in [0.15, 0.2) is 29.2 Å². The average molecular weight is 430 g/mol. The van der Waals surface area contributed by atoms with Crippen molar-refractivity contribution in [2.45, 2.75) is 35.2 Å². The van der Waals surface area contributed by atoms with Gasteiger partial charge < -0.3 is 14.4 Å². The van der Waals surface area contributed by atoms with Crippen molar-refractivity contribution in [2.24, 2.45) is 0 Å². The maximum Gasteiger partial charge on any atom is 0.253 e. The van der Waals surface area contributed by atoms with Crippen molar-refractivity contribution in [3.05, 3.63) is 29.8 Å². The highest BCUT2D eigenvalue weighted by Gasteiger charge is 2.41. The Morgan fingerprint density at radius 3 is 2.21 bits per heavy atom. The van der Waals surface area contributed by atoms with Crippen molar-refractivity contribution >= 4 is 25.6 Å². The minimum Gasteiger partial charge on any atom is -0.347 e. The van der Waals surface area contributed by atoms with Gasteiger partial charge in [-0.15, -0.1) is 0 Å². The minimum absolute atomic E-state index is 0.0523. The third-order valence-electron chi connectivity index (χ3n) is 5.69. The molecule has 0 aromatic heterocycles. The van der Waals surface area contributed by atoms with Gasteiger partial charge in [0.15, 0.2) is 25.5 Å². The molecule has 3 fully saturated rings. The normalized spacial score (nSPS) is 26.6. The first-order valence-electron chi connectivity index (χ1n) is 9.32. The molecule has 0 aliphatic carbocycles. The standard InChI is InChI=1S/C18H23NO7S2/c20-17(19-8-6-18(7-9-19)25-10-11-26-18)14-1-3-15(4-2-14)28(23,24)16-5-12-27(21,22)13-16/h1-4,16H,5-13H2/t16-/m0/s1. The van der Waals surface area contributed by atoms with Crippen LogP contribution >= 0.6 is 0 Å². The average Bonchev–Trinajstić information content (AvgIpc) is 3.28. The zero-order chi connectivity index (χ0) is 20.0. The predicted octanol–water partition coefficient (Wildman–Crippen LogP) is 0.626. The third kappa shape index (κ3) is 3.70. The number of amides is 1. The number of hydrogen-bond donors (Lipinski definition) is 0. The van der Waals surface area contributed by atoms with Gasteiger partial charge in [0, 0.05) is 31.5 Å². The number of piperidine rings is 1. The van der Waals surface area contributed by atoms with E-state index in [0.717, 1.165) is 0 Å². The molecular formula is C18H23NO7S2. The van der Waals surface area contributed by atoms with Crippen molar-refractivity contribution in [2.75, 3.05) is 37.8 Å². The fourth-order valence-corrected chi connectivity index (χ4v) is 8.36. The lowest BCUT2D eigenvalue weighted by molar-refractivity contribution is -0.181. The van der Waals surface area contributed by atoms with Crippen LogP contribution in [0.5, 0.6) is 0 Å². The summed E-state index contributed by atoms with van der Waals surface area (Å²) >= 11 is 0. The first kappa shape index (κ1) is 19.8. The summed E-state index contributed by atoms with van der Waals surface area (Å²) in [6.07, 6.45) is 1.34. The van der Waals surface area contributed by atoms with Gasteiger partial charge in [0.25, 0.3) is 5.91 Å². The van der Waals surface area contributed by atoms with Crippen LogP contribution in [-0.2, 0) is 29.1 Å². The van der Waals surface area contributed by atoms with Gasteiger partial charge in [0.05, 0.1) is 34.9 Å². The minimum atomic E-state index is -3.73. The molecule has 3 saturated heterocycles. The summed E-state index contributed by atoms with van der Waals surface area (Å²) in [6, 6.07) is 5.77. The maximum absolute atomic E-state index is 12.7. The molecule has 0 N–H and O–H groups in total. The lowest BCUT2D eigenvalue weighted by Gasteiger charge is -2.37. The molecule has 3 aliphatic rings. The second-order valence-corrected chi connectivity index (χ2v) is 12.0. The fourth-order valence-electron chi connectivity index (χ4n) is 4.00. The summed E-state index contributed by atoms with van der Waals surface area (Å²) < 4.78 is 59.8. The van der Waals surface area contributed by atoms with Crippen LogP contribution < -0.4 is 0 Å². The van der Waals surface area contributed by atoms with Crippen LogP contribution in [0.25, 0.3) is 0 Å². The lowest BCUT2D eigenvalue weighted by Crippen LogP contribution is -2.47. The summed E-state index contributed by atoms with van der Waals surface area (Å²) in [7, 11) is -7.02. The van der Waals surface area contributed by atoms with E-state index in [0.29, 0.717) is 44.7 Å². The molecule has 3 heterocycles. The van der Waals surface area contributed by atoms with E-state index < -0.39 is 30.7 Å². The Balaban J connectivity index is 1.44. The first-order chi connectivity index (χ1) is 13.2. The molecule has 0 unspecified atom stereocenters. The van der Waals surface area contributed by atoms with Crippen molar-refractivity contribution in [3.8, 4) is 0 Å². The number of ether oxygens (including phenoxy) is 2. The van der Waals surface area contributed by atoms with E-state index in [1.807, 2.05) is 0 Å². The van der Waals surface area contributed by atoms with Crippen molar-refractivity contribution in [3.63, 3.8) is 0 Å². The molecule has 1 amide bonds. The first-order valence-corrected chi connectivity index (χ1v) is 12.7. The van der Waals surface area contributed by atoms with Crippen molar-refractivity contribution in [1.82, 2.24) is 4.90 Å². The Bertz CT molecular complexity index is 954. The molecule has 28 heavy (non-hydrogen) atoms. The molecule has 0 saturated carbocycles. The van der Waals surface area contributed by atoms with E-state index in [1.54, 1.807) is 4.90 Å². The summed E-state index contributed by atoms with van der Waals surface area (Å²) in [5.74, 6) is -1.16. The van der Waals surface area contributed by atoms with Crippen LogP contribution in [0.2, 0.25) is 0 Å². The van der Waals surface area contributed by atoms with Crippen molar-refractivity contribution < 1.29 is 31.1 Å². The number of benzene rings is 1. The number of hydrogen-bond acceptors (Lipinski definition) is 7. The zero-order valence-corrected chi connectivity index (χ0v) is 17.0. The number of carbonyl (C=O) groups is 1. The predicted molar refractivity (Wildman–Crippen MR) is 100 cm³/mol. The van der Waals surface area contributed by atoms with Gasteiger partial charge in [0.2, 0.25) is 0 Å². The summed E-state index contributed by atoms with van der Waals surface area (Å²) in [5.41, 5.74) is 0.405. The Hall–Kier alpha value is -1.49. The Morgan fingerprint density at radius 1 is 1.07 bits per heavy atom. The summed E-state index contributed by atoms with van der Waals surface area (Å²) in [6.45, 7) is 2.18. The van der Waals surface area contributed by atoms with E-state index in [9.17, 15) is 21.6 Å². The quantitative estimate of drug-likeness (QED) is 0.693. The summed E-state index contributed by atoms with van der Waals surface area (Å²) in [4.78, 5) is 14.5. The monoisotopic (exact) mass is 429 g/mol. The van der Waals surface area contributed by atoms with Gasteiger partial charge in [-0.3, -0.25) is 4.79 Å². The van der Waals surface area contributed by atoms with Gasteiger partial charge >= 0.3 is 0 Å². The van der Waals surface area contributed by atoms with E-state index in [1.165, 1.54) is 24.3 Å². The number of carbonyl (C=O) groups excluding carboxylic acids is 1. The van der Waals surface area contributed by atoms with Crippen LogP contribution in [0.3, 0.4) is 0 Å². The molecule has 1 spiro atoms. The van der Waals surface area contributed by atoms with Gasteiger partial charge in [-0.05, 0) is 30.7 Å².